The molecular formula is C39H53ClFN7O6. The third-order valence-electron chi connectivity index (χ3n) is 9.06. The number of allylic oxidation sites excluding steroid dienone is 1. The fourth-order valence-electron chi connectivity index (χ4n) is 5.98. The molecule has 2 aromatic rings. The zero-order valence-electron chi connectivity index (χ0n) is 32.2. The van der Waals surface area contributed by atoms with Crippen molar-refractivity contribution in [2.75, 3.05) is 13.6 Å². The van der Waals surface area contributed by atoms with Gasteiger partial charge in [-0.1, -0.05) is 52.3 Å². The van der Waals surface area contributed by atoms with Crippen LogP contribution in [0.4, 0.5) is 4.39 Å². The standard InChI is InChI=1S/C39H53ClFN7O6/c1-23(2)31(33(50)37-47-46-36(54-37)26-14-16-28(41)17-15-26)44-35(52)29-12-11-21-48(29)38(53)32(24(3)4)43-30(49)13-9-10-19-39(6,7)45-34(51)25(5)22-27(40)18-20-42-8/h14-17,20,22-24,29,31-32H,5,9-13,18-19,21H2,1-4,6-8H3,(H,43,49)(H,44,52)(H,45,51)/b27-22+,42-20?. The van der Waals surface area contributed by atoms with E-state index in [1.54, 1.807) is 27.1 Å². The van der Waals surface area contributed by atoms with Crippen molar-refractivity contribution in [3.8, 4) is 11.5 Å². The Labute approximate surface area is 321 Å². The van der Waals surface area contributed by atoms with Gasteiger partial charge in [-0.25, -0.2) is 4.39 Å². The summed E-state index contributed by atoms with van der Waals surface area (Å²) >= 11 is 6.14. The second kappa shape index (κ2) is 20.1. The zero-order chi connectivity index (χ0) is 40.2. The third-order valence-corrected chi connectivity index (χ3v) is 9.32. The van der Waals surface area contributed by atoms with Crippen molar-refractivity contribution >= 4 is 47.2 Å². The quantitative estimate of drug-likeness (QED) is 0.0548. The van der Waals surface area contributed by atoms with E-state index < -0.39 is 41.2 Å². The van der Waals surface area contributed by atoms with Crippen LogP contribution < -0.4 is 16.0 Å². The fraction of sp³-hybridized carbons (Fsp3) is 0.538. The van der Waals surface area contributed by atoms with E-state index in [9.17, 15) is 28.4 Å². The molecule has 0 aliphatic carbocycles. The molecule has 4 amide bonds. The average molecular weight is 770 g/mol. The first kappa shape index (κ1) is 43.7. The van der Waals surface area contributed by atoms with E-state index in [0.717, 1.165) is 0 Å². The molecule has 294 valence electrons. The Morgan fingerprint density at radius 1 is 1.06 bits per heavy atom. The predicted molar refractivity (Wildman–Crippen MR) is 205 cm³/mol. The van der Waals surface area contributed by atoms with Crippen LogP contribution in [0.2, 0.25) is 0 Å². The van der Waals surface area contributed by atoms with Crippen LogP contribution in [-0.4, -0.2) is 88.0 Å². The highest BCUT2D eigenvalue weighted by Crippen LogP contribution is 2.23. The predicted octanol–water partition coefficient (Wildman–Crippen LogP) is 5.56. The van der Waals surface area contributed by atoms with Crippen LogP contribution in [0.5, 0.6) is 0 Å². The fourth-order valence-corrected chi connectivity index (χ4v) is 6.19. The number of aliphatic imine (C=N–C) groups is 1. The summed E-state index contributed by atoms with van der Waals surface area (Å²) in [4.78, 5) is 72.0. The molecule has 2 heterocycles. The van der Waals surface area contributed by atoms with Crippen molar-refractivity contribution < 1.29 is 32.8 Å². The third kappa shape index (κ3) is 12.7. The van der Waals surface area contributed by atoms with Crippen LogP contribution in [0, 0.1) is 17.7 Å². The van der Waals surface area contributed by atoms with E-state index in [1.165, 1.54) is 35.2 Å². The van der Waals surface area contributed by atoms with Crippen molar-refractivity contribution in [2.45, 2.75) is 110 Å². The van der Waals surface area contributed by atoms with Gasteiger partial charge in [0, 0.05) is 54.4 Å². The lowest BCUT2D eigenvalue weighted by atomic mass is 9.95. The number of benzene rings is 1. The van der Waals surface area contributed by atoms with Crippen LogP contribution in [-0.2, 0) is 19.2 Å². The molecule has 0 spiro atoms. The number of hydrogen-bond donors (Lipinski definition) is 3. The van der Waals surface area contributed by atoms with Crippen molar-refractivity contribution in [3.63, 3.8) is 0 Å². The first-order valence-electron chi connectivity index (χ1n) is 18.3. The van der Waals surface area contributed by atoms with Gasteiger partial charge >= 0.3 is 0 Å². The Hall–Kier alpha value is -4.72. The Morgan fingerprint density at radius 3 is 2.35 bits per heavy atom. The number of nitrogens with zero attached hydrogens (tertiary/aromatic N) is 4. The number of hydrogen-bond acceptors (Lipinski definition) is 9. The molecule has 13 nitrogen and oxygen atoms in total. The Balaban J connectivity index is 1.55. The molecule has 0 radical (unpaired) electrons. The van der Waals surface area contributed by atoms with Gasteiger partial charge in [0.25, 0.3) is 11.8 Å². The maximum atomic E-state index is 13.9. The summed E-state index contributed by atoms with van der Waals surface area (Å²) in [5, 5.41) is 16.8. The number of amides is 4. The topological polar surface area (TPSA) is 176 Å². The lowest BCUT2D eigenvalue weighted by Gasteiger charge is -2.31. The highest BCUT2D eigenvalue weighted by molar-refractivity contribution is 6.31. The summed E-state index contributed by atoms with van der Waals surface area (Å²) in [6.45, 7) is 15.1. The molecule has 1 aromatic heterocycles. The molecule has 3 unspecified atom stereocenters. The van der Waals surface area contributed by atoms with Gasteiger partial charge in [0.2, 0.25) is 29.4 Å². The minimum absolute atomic E-state index is 0.0324. The van der Waals surface area contributed by atoms with Crippen LogP contribution >= 0.6 is 11.6 Å². The van der Waals surface area contributed by atoms with Crippen LogP contribution in [0.1, 0.15) is 97.2 Å². The van der Waals surface area contributed by atoms with Crippen LogP contribution in [0.15, 0.2) is 56.9 Å². The minimum Gasteiger partial charge on any atom is -0.414 e. The molecule has 1 aromatic carbocycles. The number of ketones is 1. The van der Waals surface area contributed by atoms with E-state index in [4.69, 9.17) is 16.0 Å². The maximum Gasteiger partial charge on any atom is 0.286 e. The highest BCUT2D eigenvalue weighted by Gasteiger charge is 2.40. The van der Waals surface area contributed by atoms with Gasteiger partial charge in [-0.05, 0) is 81.7 Å². The monoisotopic (exact) mass is 769 g/mol. The van der Waals surface area contributed by atoms with Crippen LogP contribution in [0.3, 0.4) is 0 Å². The number of likely N-dealkylation sites (tertiary alicyclic amines) is 1. The van der Waals surface area contributed by atoms with Gasteiger partial charge in [-0.3, -0.25) is 24.0 Å². The molecule has 0 saturated carbocycles. The van der Waals surface area contributed by atoms with Gasteiger partial charge in [0.1, 0.15) is 17.9 Å². The lowest BCUT2D eigenvalue weighted by molar-refractivity contribution is -0.142. The van der Waals surface area contributed by atoms with Gasteiger partial charge in [0.05, 0.1) is 6.04 Å². The number of halogens is 2. The number of carbonyl (C=O) groups is 5. The second-order valence-corrected chi connectivity index (χ2v) is 15.3. The van der Waals surface area contributed by atoms with Gasteiger partial charge in [-0.2, -0.15) is 0 Å². The molecule has 1 fully saturated rings. The normalized spacial score (nSPS) is 16.1. The van der Waals surface area contributed by atoms with Crippen molar-refractivity contribution in [1.82, 2.24) is 31.0 Å². The van der Waals surface area contributed by atoms with E-state index in [-0.39, 0.29) is 53.3 Å². The molecule has 1 saturated heterocycles. The second-order valence-electron chi connectivity index (χ2n) is 14.8. The summed E-state index contributed by atoms with van der Waals surface area (Å²) in [6, 6.07) is 2.65. The molecule has 1 aliphatic heterocycles. The number of aromatic nitrogens is 2. The first-order valence-corrected chi connectivity index (χ1v) is 18.6. The largest absolute Gasteiger partial charge is 0.414 e. The molecular weight excluding hydrogens is 717 g/mol. The number of rotatable bonds is 19. The summed E-state index contributed by atoms with van der Waals surface area (Å²) < 4.78 is 18.9. The molecule has 15 heteroatoms. The lowest BCUT2D eigenvalue weighted by Crippen LogP contribution is -2.57. The molecule has 3 atom stereocenters. The number of carbonyl (C=O) groups excluding carboxylic acids is 5. The highest BCUT2D eigenvalue weighted by atomic mass is 35.5. The smallest absolute Gasteiger partial charge is 0.286 e. The van der Waals surface area contributed by atoms with Gasteiger partial charge < -0.3 is 30.3 Å². The van der Waals surface area contributed by atoms with Gasteiger partial charge in [0.15, 0.2) is 0 Å². The molecule has 54 heavy (non-hydrogen) atoms. The molecule has 0 bridgehead atoms. The van der Waals surface area contributed by atoms with E-state index >= 15 is 0 Å². The Morgan fingerprint density at radius 2 is 1.72 bits per heavy atom. The zero-order valence-corrected chi connectivity index (χ0v) is 33.0. The Kier molecular flexibility index (Phi) is 16.3. The Bertz CT molecular complexity index is 1720. The number of nitrogens with one attached hydrogen (secondary N) is 3. The van der Waals surface area contributed by atoms with Crippen molar-refractivity contribution in [1.29, 1.82) is 0 Å². The summed E-state index contributed by atoms with van der Waals surface area (Å²) in [6.07, 6.45) is 6.44. The van der Waals surface area contributed by atoms with E-state index in [2.05, 4.69) is 37.7 Å². The van der Waals surface area contributed by atoms with Crippen LogP contribution in [0.25, 0.3) is 11.5 Å². The minimum atomic E-state index is -1.02. The number of Topliss-reactive ketones (excluding diaryl/α,β-unsaturated/α-hetero) is 1. The van der Waals surface area contributed by atoms with E-state index in [1.807, 2.05) is 27.7 Å². The number of unbranched alkanes of at least 4 members (excludes halogenated alkanes) is 1. The van der Waals surface area contributed by atoms with Gasteiger partial charge in [-0.15, -0.1) is 10.2 Å². The summed E-state index contributed by atoms with van der Waals surface area (Å²) in [5.41, 5.74) is 0.0940. The summed E-state index contributed by atoms with van der Waals surface area (Å²) in [7, 11) is 1.64. The average Bonchev–Trinajstić information content (AvgIpc) is 3.81. The first-order chi connectivity index (χ1) is 25.4. The van der Waals surface area contributed by atoms with Crippen molar-refractivity contribution in [3.05, 3.63) is 59.2 Å². The maximum absolute atomic E-state index is 13.9. The summed E-state index contributed by atoms with van der Waals surface area (Å²) in [5.74, 6) is -3.42. The molecule has 3 rings (SSSR count). The van der Waals surface area contributed by atoms with E-state index in [0.29, 0.717) is 55.7 Å². The molecule has 3 N–H and O–H groups in total. The SMILES string of the molecule is C=C(/C=C(/Cl)CC=NC)C(=O)NC(C)(C)CCCCC(=O)NC(C(=O)N1CCCC1C(=O)NC(C(=O)c1nnc(-c2ccc(F)cc2)o1)C(C)C)C(C)C. The molecule has 1 aliphatic rings. The van der Waals surface area contributed by atoms with Crippen molar-refractivity contribution in [2.24, 2.45) is 16.8 Å².